The molecule has 0 amide bonds. The topological polar surface area (TPSA) is 70.5 Å². The van der Waals surface area contributed by atoms with Gasteiger partial charge < -0.3 is 15.2 Å². The number of aliphatic hydroxyl groups is 1. The normalized spacial score (nSPS) is 20.3. The molecule has 1 saturated carbocycles. The van der Waals surface area contributed by atoms with E-state index in [1.165, 1.54) is 30.4 Å². The summed E-state index contributed by atoms with van der Waals surface area (Å²) < 4.78 is 5.92. The summed E-state index contributed by atoms with van der Waals surface area (Å²) in [6, 6.07) is 32.9. The van der Waals surface area contributed by atoms with E-state index in [0.717, 1.165) is 59.1 Å². The summed E-state index contributed by atoms with van der Waals surface area (Å²) in [5.41, 5.74) is 5.84. The van der Waals surface area contributed by atoms with Gasteiger partial charge in [-0.1, -0.05) is 48.5 Å². The van der Waals surface area contributed by atoms with Gasteiger partial charge in [-0.25, -0.2) is 9.97 Å². The molecule has 1 aliphatic heterocycles. The molecule has 2 aliphatic rings. The number of para-hydroxylation sites is 1. The summed E-state index contributed by atoms with van der Waals surface area (Å²) in [4.78, 5) is 11.6. The lowest BCUT2D eigenvalue weighted by Gasteiger charge is -2.33. The van der Waals surface area contributed by atoms with Gasteiger partial charge in [0.2, 0.25) is 0 Å². The van der Waals surface area contributed by atoms with Crippen molar-refractivity contribution in [3.05, 3.63) is 109 Å². The zero-order valence-corrected chi connectivity index (χ0v) is 23.0. The first-order valence-electron chi connectivity index (χ1n) is 14.4. The van der Waals surface area contributed by atoms with Crippen LogP contribution in [0.5, 0.6) is 11.5 Å². The molecule has 2 atom stereocenters. The van der Waals surface area contributed by atoms with Gasteiger partial charge in [-0.05, 0) is 102 Å². The van der Waals surface area contributed by atoms with Gasteiger partial charge in [-0.15, -0.1) is 0 Å². The van der Waals surface area contributed by atoms with E-state index in [1.54, 1.807) is 6.33 Å². The Morgan fingerprint density at radius 2 is 1.66 bits per heavy atom. The van der Waals surface area contributed by atoms with Crippen LogP contribution in [-0.4, -0.2) is 39.7 Å². The highest BCUT2D eigenvalue weighted by Gasteiger charge is 2.54. The molecule has 0 bridgehead atoms. The van der Waals surface area contributed by atoms with Crippen LogP contribution in [0.2, 0.25) is 0 Å². The van der Waals surface area contributed by atoms with Crippen molar-refractivity contribution in [1.29, 1.82) is 0 Å². The Kier molecular flexibility index (Phi) is 6.87. The Morgan fingerprint density at radius 1 is 0.878 bits per heavy atom. The van der Waals surface area contributed by atoms with Gasteiger partial charge >= 0.3 is 0 Å². The SMILES string of the molecule is OCC1CC12CCCN(Cc1ccc(-c3ccc4ncnc(Nc5ccc(Oc6ccccc6)cc5)c4c3)cc1)C2. The molecule has 5 aromatic rings. The first-order chi connectivity index (χ1) is 20.2. The van der Waals surface area contributed by atoms with Crippen LogP contribution >= 0.6 is 0 Å². The van der Waals surface area contributed by atoms with Gasteiger partial charge in [0.25, 0.3) is 0 Å². The molecule has 2 fully saturated rings. The van der Waals surface area contributed by atoms with Crippen LogP contribution in [-0.2, 0) is 6.54 Å². The molecular weight excluding hydrogens is 508 g/mol. The maximum atomic E-state index is 9.62. The van der Waals surface area contributed by atoms with E-state index in [9.17, 15) is 5.11 Å². The number of ether oxygens (including phenoxy) is 1. The molecule has 41 heavy (non-hydrogen) atoms. The van der Waals surface area contributed by atoms with Crippen LogP contribution in [0.15, 0.2) is 103 Å². The number of aliphatic hydroxyl groups excluding tert-OH is 1. The lowest BCUT2D eigenvalue weighted by molar-refractivity contribution is 0.130. The molecule has 2 heterocycles. The highest BCUT2D eigenvalue weighted by molar-refractivity contribution is 5.93. The zero-order chi connectivity index (χ0) is 27.6. The summed E-state index contributed by atoms with van der Waals surface area (Å²) in [5.74, 6) is 2.87. The first-order valence-corrected chi connectivity index (χ1v) is 14.4. The van der Waals surface area contributed by atoms with Gasteiger partial charge in [0.15, 0.2) is 0 Å². The van der Waals surface area contributed by atoms with Crippen LogP contribution in [0.4, 0.5) is 11.5 Å². The molecular formula is C35H34N4O2. The number of nitrogens with one attached hydrogen (secondary N) is 1. The summed E-state index contributed by atoms with van der Waals surface area (Å²) in [6.45, 7) is 3.57. The first kappa shape index (κ1) is 25.7. The molecule has 2 unspecified atom stereocenters. The van der Waals surface area contributed by atoms with Crippen molar-refractivity contribution in [2.75, 3.05) is 25.0 Å². The molecule has 1 aromatic heterocycles. The average Bonchev–Trinajstić information content (AvgIpc) is 3.69. The molecule has 1 spiro atoms. The minimum atomic E-state index is 0.340. The minimum Gasteiger partial charge on any atom is -0.457 e. The van der Waals surface area contributed by atoms with Crippen molar-refractivity contribution in [1.82, 2.24) is 14.9 Å². The highest BCUT2D eigenvalue weighted by atomic mass is 16.5. The second kappa shape index (κ2) is 11.0. The van der Waals surface area contributed by atoms with Crippen molar-refractivity contribution < 1.29 is 9.84 Å². The lowest BCUT2D eigenvalue weighted by atomic mass is 9.92. The molecule has 6 nitrogen and oxygen atoms in total. The number of likely N-dealkylation sites (tertiary alicyclic amines) is 1. The number of aromatic nitrogens is 2. The zero-order valence-electron chi connectivity index (χ0n) is 23.0. The van der Waals surface area contributed by atoms with Gasteiger partial charge in [-0.3, -0.25) is 4.90 Å². The Morgan fingerprint density at radius 3 is 2.44 bits per heavy atom. The van der Waals surface area contributed by atoms with Crippen LogP contribution in [0, 0.1) is 11.3 Å². The Balaban J connectivity index is 1.05. The van der Waals surface area contributed by atoms with E-state index < -0.39 is 0 Å². The van der Waals surface area contributed by atoms with Gasteiger partial charge in [0.05, 0.1) is 5.52 Å². The second-order valence-electron chi connectivity index (χ2n) is 11.5. The number of hydrogen-bond acceptors (Lipinski definition) is 6. The molecule has 1 aliphatic carbocycles. The van der Waals surface area contributed by atoms with Crippen LogP contribution in [0.25, 0.3) is 22.0 Å². The Hall–Kier alpha value is -4.26. The quantitative estimate of drug-likeness (QED) is 0.213. The monoisotopic (exact) mass is 542 g/mol. The Labute approximate surface area is 240 Å². The predicted octanol–water partition coefficient (Wildman–Crippen LogP) is 7.43. The highest BCUT2D eigenvalue weighted by Crippen LogP contribution is 2.57. The maximum Gasteiger partial charge on any atom is 0.141 e. The van der Waals surface area contributed by atoms with Crippen LogP contribution in [0.1, 0.15) is 24.8 Å². The van der Waals surface area contributed by atoms with Crippen molar-refractivity contribution >= 4 is 22.4 Å². The standard InChI is InChI=1S/C35H34N4O2/c40-22-28-20-35(28)17-4-18-39(23-35)21-25-7-9-26(10-8-25)27-11-16-33-32(19-27)34(37-24-36-33)38-29-12-14-31(15-13-29)41-30-5-2-1-3-6-30/h1-3,5-16,19,24,28,40H,4,17-18,20-23H2,(H,36,37,38). The van der Waals surface area contributed by atoms with E-state index in [1.807, 2.05) is 54.6 Å². The smallest absolute Gasteiger partial charge is 0.141 e. The summed E-state index contributed by atoms with van der Waals surface area (Å²) in [5, 5.41) is 14.1. The van der Waals surface area contributed by atoms with Gasteiger partial charge in [-0.2, -0.15) is 0 Å². The maximum absolute atomic E-state index is 9.62. The fourth-order valence-electron chi connectivity index (χ4n) is 6.35. The van der Waals surface area contributed by atoms with Crippen molar-refractivity contribution in [2.24, 2.45) is 11.3 Å². The van der Waals surface area contributed by atoms with Crippen molar-refractivity contribution in [3.8, 4) is 22.6 Å². The van der Waals surface area contributed by atoms with E-state index >= 15 is 0 Å². The average molecular weight is 543 g/mol. The molecule has 4 aromatic carbocycles. The summed E-state index contributed by atoms with van der Waals surface area (Å²) in [6.07, 6.45) is 5.29. The Bertz CT molecular complexity index is 1640. The van der Waals surface area contributed by atoms with Gasteiger partial charge in [0, 0.05) is 30.8 Å². The number of benzene rings is 4. The number of hydrogen-bond donors (Lipinski definition) is 2. The molecule has 2 N–H and O–H groups in total. The van der Waals surface area contributed by atoms with Crippen molar-refractivity contribution in [2.45, 2.75) is 25.8 Å². The molecule has 7 rings (SSSR count). The third kappa shape index (κ3) is 5.53. The second-order valence-corrected chi connectivity index (χ2v) is 11.5. The number of piperidine rings is 1. The fourth-order valence-corrected chi connectivity index (χ4v) is 6.35. The van der Waals surface area contributed by atoms with Crippen LogP contribution in [0.3, 0.4) is 0 Å². The molecule has 1 saturated heterocycles. The molecule has 0 radical (unpaired) electrons. The van der Waals surface area contributed by atoms with Crippen LogP contribution < -0.4 is 10.1 Å². The number of anilines is 2. The van der Waals surface area contributed by atoms with E-state index in [-0.39, 0.29) is 0 Å². The summed E-state index contributed by atoms with van der Waals surface area (Å²) in [7, 11) is 0. The largest absolute Gasteiger partial charge is 0.457 e. The third-order valence-electron chi connectivity index (χ3n) is 8.69. The summed E-state index contributed by atoms with van der Waals surface area (Å²) >= 11 is 0. The number of nitrogens with zero attached hydrogens (tertiary/aromatic N) is 3. The lowest BCUT2D eigenvalue weighted by Crippen LogP contribution is -2.37. The molecule has 206 valence electrons. The van der Waals surface area contributed by atoms with Gasteiger partial charge in [0.1, 0.15) is 23.6 Å². The molecule has 6 heteroatoms. The van der Waals surface area contributed by atoms with E-state index in [0.29, 0.717) is 17.9 Å². The third-order valence-corrected chi connectivity index (χ3v) is 8.69. The van der Waals surface area contributed by atoms with E-state index in [4.69, 9.17) is 4.74 Å². The predicted molar refractivity (Wildman–Crippen MR) is 163 cm³/mol. The minimum absolute atomic E-state index is 0.340. The number of rotatable bonds is 8. The van der Waals surface area contributed by atoms with E-state index in [2.05, 4.69) is 62.6 Å². The number of fused-ring (bicyclic) bond motifs is 1. The fraction of sp³-hybridized carbons (Fsp3) is 0.257. The van der Waals surface area contributed by atoms with Crippen molar-refractivity contribution in [3.63, 3.8) is 0 Å².